The van der Waals surface area contributed by atoms with Crippen LogP contribution in [0.3, 0.4) is 0 Å². The van der Waals surface area contributed by atoms with E-state index in [-0.39, 0.29) is 17.3 Å². The average Bonchev–Trinajstić information content (AvgIpc) is 2.92. The molecule has 4 aromatic carbocycles. The lowest BCUT2D eigenvalue weighted by atomic mass is 9.94. The molecular formula is C30H27F3N2O3S. The highest BCUT2D eigenvalue weighted by atomic mass is 32.2. The van der Waals surface area contributed by atoms with Crippen LogP contribution in [-0.4, -0.2) is 20.9 Å². The van der Waals surface area contributed by atoms with Crippen molar-refractivity contribution in [3.8, 4) is 11.1 Å². The van der Waals surface area contributed by atoms with Crippen LogP contribution >= 0.6 is 0 Å². The van der Waals surface area contributed by atoms with E-state index in [4.69, 9.17) is 0 Å². The number of nitrogens with one attached hydrogen (secondary N) is 2. The second kappa shape index (κ2) is 11.8. The van der Waals surface area contributed by atoms with Crippen molar-refractivity contribution in [2.24, 2.45) is 0 Å². The van der Waals surface area contributed by atoms with E-state index < -0.39 is 21.8 Å². The predicted molar refractivity (Wildman–Crippen MR) is 146 cm³/mol. The molecule has 0 aliphatic carbocycles. The number of halogens is 3. The van der Waals surface area contributed by atoms with Crippen LogP contribution < -0.4 is 10.0 Å². The number of hydrogen-bond acceptors (Lipinski definition) is 3. The van der Waals surface area contributed by atoms with Crippen molar-refractivity contribution in [2.45, 2.75) is 30.8 Å². The predicted octanol–water partition coefficient (Wildman–Crippen LogP) is 6.84. The minimum absolute atomic E-state index is 0.222. The van der Waals surface area contributed by atoms with Gasteiger partial charge >= 0.3 is 6.18 Å². The molecule has 202 valence electrons. The highest BCUT2D eigenvalue weighted by molar-refractivity contribution is 7.89. The smallest absolute Gasteiger partial charge is 0.322 e. The lowest BCUT2D eigenvalue weighted by Gasteiger charge is -2.14. The van der Waals surface area contributed by atoms with Crippen LogP contribution in [0.5, 0.6) is 0 Å². The van der Waals surface area contributed by atoms with Crippen molar-refractivity contribution >= 4 is 21.6 Å². The van der Waals surface area contributed by atoms with E-state index in [1.165, 1.54) is 12.1 Å². The molecule has 0 spiro atoms. The summed E-state index contributed by atoms with van der Waals surface area (Å²) < 4.78 is 66.2. The van der Waals surface area contributed by atoms with Gasteiger partial charge < -0.3 is 5.32 Å². The largest absolute Gasteiger partial charge is 0.416 e. The lowest BCUT2D eigenvalue weighted by molar-refractivity contribution is -0.137. The van der Waals surface area contributed by atoms with Crippen LogP contribution in [0.1, 0.15) is 33.5 Å². The Labute approximate surface area is 225 Å². The van der Waals surface area contributed by atoms with E-state index in [1.807, 2.05) is 12.1 Å². The summed E-state index contributed by atoms with van der Waals surface area (Å²) in [6.07, 6.45) is -3.20. The van der Waals surface area contributed by atoms with Gasteiger partial charge in [0.15, 0.2) is 0 Å². The molecule has 0 unspecified atom stereocenters. The monoisotopic (exact) mass is 552 g/mol. The van der Waals surface area contributed by atoms with Gasteiger partial charge in [0.1, 0.15) is 0 Å². The molecule has 0 atom stereocenters. The fraction of sp³-hybridized carbons (Fsp3) is 0.167. The molecule has 0 radical (unpaired) electrons. The molecule has 4 rings (SSSR count). The van der Waals surface area contributed by atoms with E-state index >= 15 is 0 Å². The van der Waals surface area contributed by atoms with Gasteiger partial charge in [0.2, 0.25) is 10.0 Å². The van der Waals surface area contributed by atoms with Crippen LogP contribution in [0.15, 0.2) is 102 Å². The molecule has 0 saturated heterocycles. The molecule has 9 heteroatoms. The summed E-state index contributed by atoms with van der Waals surface area (Å²) in [5.74, 6) is -0.378. The fourth-order valence-electron chi connectivity index (χ4n) is 4.20. The maximum atomic E-state index is 13.1. The summed E-state index contributed by atoms with van der Waals surface area (Å²) in [6, 6.07) is 25.3. The Hall–Kier alpha value is -3.95. The minimum atomic E-state index is -4.44. The Balaban J connectivity index is 1.38. The number of hydrogen-bond donors (Lipinski definition) is 2. The van der Waals surface area contributed by atoms with Gasteiger partial charge in [-0.05, 0) is 84.5 Å². The third kappa shape index (κ3) is 7.13. The fourth-order valence-corrected chi connectivity index (χ4v) is 5.30. The first-order valence-electron chi connectivity index (χ1n) is 12.3. The second-order valence-corrected chi connectivity index (χ2v) is 10.8. The summed E-state index contributed by atoms with van der Waals surface area (Å²) in [7, 11) is -3.54. The van der Waals surface area contributed by atoms with Crippen molar-refractivity contribution in [1.82, 2.24) is 4.72 Å². The molecule has 0 heterocycles. The molecule has 4 aromatic rings. The van der Waals surface area contributed by atoms with Crippen molar-refractivity contribution < 1.29 is 26.4 Å². The van der Waals surface area contributed by atoms with Crippen molar-refractivity contribution in [1.29, 1.82) is 0 Å². The van der Waals surface area contributed by atoms with Gasteiger partial charge in [0.25, 0.3) is 5.91 Å². The number of carbonyl (C=O) groups is 1. The Morgan fingerprint density at radius 1 is 0.821 bits per heavy atom. The Kier molecular flexibility index (Phi) is 8.52. The standard InChI is InChI=1S/C30H27F3N2O3S/c1-21-7-5-11-27(28(21)23-14-16-24(17-15-23)30(31,32)33)29(36)35-25-18-12-22(13-19-25)8-6-20-34-39(37,38)26-9-3-2-4-10-26/h2-5,7,9-19,34H,6,8,20H2,1H3,(H,35,36). The van der Waals surface area contributed by atoms with E-state index in [2.05, 4.69) is 10.0 Å². The van der Waals surface area contributed by atoms with Crippen molar-refractivity contribution in [2.75, 3.05) is 11.9 Å². The second-order valence-electron chi connectivity index (χ2n) is 9.04. The average molecular weight is 553 g/mol. The van der Waals surface area contributed by atoms with Gasteiger partial charge in [-0.2, -0.15) is 13.2 Å². The minimum Gasteiger partial charge on any atom is -0.322 e. The zero-order valence-electron chi connectivity index (χ0n) is 21.1. The van der Waals surface area contributed by atoms with Gasteiger partial charge in [-0.1, -0.05) is 54.6 Å². The molecule has 0 fully saturated rings. The number of rotatable bonds is 9. The van der Waals surface area contributed by atoms with Crippen LogP contribution in [0.25, 0.3) is 11.1 Å². The maximum absolute atomic E-state index is 13.1. The van der Waals surface area contributed by atoms with E-state index in [1.54, 1.807) is 67.6 Å². The molecule has 0 aromatic heterocycles. The summed E-state index contributed by atoms with van der Waals surface area (Å²) in [4.78, 5) is 13.4. The Morgan fingerprint density at radius 2 is 1.49 bits per heavy atom. The quantitative estimate of drug-likeness (QED) is 0.223. The zero-order valence-corrected chi connectivity index (χ0v) is 21.9. The number of sulfonamides is 1. The highest BCUT2D eigenvalue weighted by Gasteiger charge is 2.30. The summed E-state index contributed by atoms with van der Waals surface area (Å²) in [5, 5.41) is 2.85. The Morgan fingerprint density at radius 3 is 2.13 bits per heavy atom. The first-order valence-corrected chi connectivity index (χ1v) is 13.8. The number of anilines is 1. The van der Waals surface area contributed by atoms with E-state index in [9.17, 15) is 26.4 Å². The lowest BCUT2D eigenvalue weighted by Crippen LogP contribution is -2.25. The molecule has 39 heavy (non-hydrogen) atoms. The molecular weight excluding hydrogens is 525 g/mol. The van der Waals surface area contributed by atoms with Gasteiger partial charge in [-0.25, -0.2) is 13.1 Å². The molecule has 5 nitrogen and oxygen atoms in total. The molecule has 2 N–H and O–H groups in total. The highest BCUT2D eigenvalue weighted by Crippen LogP contribution is 2.33. The number of amides is 1. The van der Waals surface area contributed by atoms with Crippen LogP contribution in [-0.2, 0) is 22.6 Å². The zero-order chi connectivity index (χ0) is 28.0. The number of alkyl halides is 3. The van der Waals surface area contributed by atoms with E-state index in [0.717, 1.165) is 23.3 Å². The first kappa shape index (κ1) is 28.1. The number of aryl methyl sites for hydroxylation is 2. The van der Waals surface area contributed by atoms with Crippen molar-refractivity contribution in [3.05, 3.63) is 119 Å². The van der Waals surface area contributed by atoms with Crippen LogP contribution in [0.2, 0.25) is 0 Å². The molecule has 0 aliphatic rings. The third-order valence-electron chi connectivity index (χ3n) is 6.22. The molecule has 0 aliphatic heterocycles. The number of carbonyl (C=O) groups excluding carboxylic acids is 1. The SMILES string of the molecule is Cc1cccc(C(=O)Nc2ccc(CCCNS(=O)(=O)c3ccccc3)cc2)c1-c1ccc(C(F)(F)F)cc1. The molecule has 0 saturated carbocycles. The normalized spacial score (nSPS) is 11.8. The topological polar surface area (TPSA) is 75.3 Å². The Bertz CT molecular complexity index is 1540. The molecule has 0 bridgehead atoms. The summed E-state index contributed by atoms with van der Waals surface area (Å²) in [6.45, 7) is 2.09. The third-order valence-corrected chi connectivity index (χ3v) is 7.69. The van der Waals surface area contributed by atoms with Gasteiger partial charge in [0, 0.05) is 17.8 Å². The first-order chi connectivity index (χ1) is 18.5. The summed E-state index contributed by atoms with van der Waals surface area (Å²) in [5.41, 5.74) is 2.99. The number of benzene rings is 4. The van der Waals surface area contributed by atoms with E-state index in [0.29, 0.717) is 35.2 Å². The maximum Gasteiger partial charge on any atom is 0.416 e. The molecule has 1 amide bonds. The van der Waals surface area contributed by atoms with Gasteiger partial charge in [0.05, 0.1) is 10.5 Å². The van der Waals surface area contributed by atoms with Gasteiger partial charge in [-0.3, -0.25) is 4.79 Å². The summed E-state index contributed by atoms with van der Waals surface area (Å²) >= 11 is 0. The van der Waals surface area contributed by atoms with Crippen LogP contribution in [0, 0.1) is 6.92 Å². The van der Waals surface area contributed by atoms with Crippen molar-refractivity contribution in [3.63, 3.8) is 0 Å². The van der Waals surface area contributed by atoms with Gasteiger partial charge in [-0.15, -0.1) is 0 Å². The van der Waals surface area contributed by atoms with Crippen LogP contribution in [0.4, 0.5) is 18.9 Å².